The molecule has 0 fully saturated rings. The fourth-order valence-electron chi connectivity index (χ4n) is 1.81. The normalized spacial score (nSPS) is 11.7. The first kappa shape index (κ1) is 24.6. The highest BCUT2D eigenvalue weighted by Crippen LogP contribution is 2.09. The quantitative estimate of drug-likeness (QED) is 0.539. The van der Waals surface area contributed by atoms with Gasteiger partial charge in [-0.2, -0.15) is 5.26 Å². The maximum absolute atomic E-state index is 9.74. The standard InChI is InChI=1S/C14H20N2.C5H10O.C2H6/c1-3-8-16-11-12(2)9-13-4-6-14(10-15)7-5-13;1-3-5(2)4-6;1-2/h4-7,12,16H,3,8-9,11H2,1-2H3;4-5H,3H2,1-2H3;1-2H3. The van der Waals surface area contributed by atoms with E-state index in [0.717, 1.165) is 37.8 Å². The van der Waals surface area contributed by atoms with Gasteiger partial charge in [-0.1, -0.05) is 53.7 Å². The third kappa shape index (κ3) is 14.0. The molecule has 0 aromatic heterocycles. The van der Waals surface area contributed by atoms with Crippen molar-refractivity contribution < 1.29 is 4.79 Å². The van der Waals surface area contributed by atoms with E-state index < -0.39 is 0 Å². The predicted octanol–water partition coefficient (Wildman–Crippen LogP) is 4.99. The Labute approximate surface area is 149 Å². The lowest BCUT2D eigenvalue weighted by atomic mass is 10.0. The monoisotopic (exact) mass is 332 g/mol. The Morgan fingerprint density at radius 2 is 1.75 bits per heavy atom. The highest BCUT2D eigenvalue weighted by atomic mass is 16.1. The van der Waals surface area contributed by atoms with Crippen molar-refractivity contribution in [3.63, 3.8) is 0 Å². The SMILES string of the molecule is CC.CCC(C)C=O.CCCNCC(C)Cc1ccc(C#N)cc1. The minimum atomic E-state index is 0.255. The zero-order chi connectivity index (χ0) is 18.8. The molecule has 1 aromatic rings. The zero-order valence-corrected chi connectivity index (χ0v) is 16.4. The van der Waals surface area contributed by atoms with Crippen molar-refractivity contribution in [1.29, 1.82) is 5.26 Å². The maximum Gasteiger partial charge on any atom is 0.122 e. The van der Waals surface area contributed by atoms with E-state index in [-0.39, 0.29) is 5.92 Å². The summed E-state index contributed by atoms with van der Waals surface area (Å²) in [6, 6.07) is 10.0. The van der Waals surface area contributed by atoms with Crippen LogP contribution in [0, 0.1) is 23.2 Å². The lowest BCUT2D eigenvalue weighted by Crippen LogP contribution is -2.23. The van der Waals surface area contributed by atoms with Crippen LogP contribution in [0.3, 0.4) is 0 Å². The number of nitriles is 1. The van der Waals surface area contributed by atoms with E-state index in [1.807, 2.05) is 39.8 Å². The molecule has 1 N–H and O–H groups in total. The van der Waals surface area contributed by atoms with Crippen LogP contribution in [0.2, 0.25) is 0 Å². The number of carbonyl (C=O) groups is 1. The Hall–Kier alpha value is -1.66. The van der Waals surface area contributed by atoms with Crippen molar-refractivity contribution >= 4 is 6.29 Å². The van der Waals surface area contributed by atoms with Crippen LogP contribution in [-0.4, -0.2) is 19.4 Å². The molecule has 0 aliphatic rings. The van der Waals surface area contributed by atoms with Crippen LogP contribution < -0.4 is 5.32 Å². The number of hydrogen-bond acceptors (Lipinski definition) is 3. The Morgan fingerprint density at radius 1 is 1.17 bits per heavy atom. The third-order valence-electron chi connectivity index (χ3n) is 3.46. The van der Waals surface area contributed by atoms with E-state index in [0.29, 0.717) is 5.92 Å². The van der Waals surface area contributed by atoms with Crippen LogP contribution in [0.15, 0.2) is 24.3 Å². The fraction of sp³-hybridized carbons (Fsp3) is 0.619. The van der Waals surface area contributed by atoms with E-state index in [1.165, 1.54) is 12.0 Å². The average Bonchev–Trinajstić information content (AvgIpc) is 2.64. The van der Waals surface area contributed by atoms with Gasteiger partial charge in [-0.05, 0) is 56.0 Å². The van der Waals surface area contributed by atoms with Gasteiger partial charge in [-0.25, -0.2) is 0 Å². The lowest BCUT2D eigenvalue weighted by molar-refractivity contribution is -0.110. The number of nitrogens with one attached hydrogen (secondary N) is 1. The number of rotatable bonds is 8. The fourth-order valence-corrected chi connectivity index (χ4v) is 1.81. The molecular weight excluding hydrogens is 296 g/mol. The highest BCUT2D eigenvalue weighted by molar-refractivity contribution is 5.52. The summed E-state index contributed by atoms with van der Waals surface area (Å²) in [6.45, 7) is 14.5. The second-order valence-electron chi connectivity index (χ2n) is 5.84. The summed E-state index contributed by atoms with van der Waals surface area (Å²) >= 11 is 0. The second kappa shape index (κ2) is 17.7. The van der Waals surface area contributed by atoms with E-state index in [9.17, 15) is 4.79 Å². The summed E-state index contributed by atoms with van der Waals surface area (Å²) in [5.74, 6) is 0.893. The van der Waals surface area contributed by atoms with Crippen LogP contribution in [0.4, 0.5) is 0 Å². The minimum absolute atomic E-state index is 0.255. The Balaban J connectivity index is 0. The minimum Gasteiger partial charge on any atom is -0.316 e. The first-order valence-corrected chi connectivity index (χ1v) is 9.22. The number of aldehydes is 1. The van der Waals surface area contributed by atoms with Crippen molar-refractivity contribution in [2.24, 2.45) is 11.8 Å². The molecule has 1 rings (SSSR count). The van der Waals surface area contributed by atoms with Crippen LogP contribution in [0.25, 0.3) is 0 Å². The Bertz CT molecular complexity index is 434. The molecule has 136 valence electrons. The van der Waals surface area contributed by atoms with Crippen LogP contribution in [-0.2, 0) is 11.2 Å². The summed E-state index contributed by atoms with van der Waals surface area (Å²) in [7, 11) is 0. The van der Waals surface area contributed by atoms with Crippen molar-refractivity contribution in [3.8, 4) is 6.07 Å². The molecule has 3 nitrogen and oxygen atoms in total. The molecule has 0 heterocycles. The maximum atomic E-state index is 9.74. The van der Waals surface area contributed by atoms with E-state index in [1.54, 1.807) is 0 Å². The van der Waals surface area contributed by atoms with Crippen molar-refractivity contribution in [2.75, 3.05) is 13.1 Å². The molecule has 0 saturated heterocycles. The van der Waals surface area contributed by atoms with Gasteiger partial charge in [0.25, 0.3) is 0 Å². The number of nitrogens with zero attached hydrogens (tertiary/aromatic N) is 1. The molecular formula is C21H36N2O. The molecule has 3 heteroatoms. The summed E-state index contributed by atoms with van der Waals surface area (Å²) < 4.78 is 0. The molecule has 0 amide bonds. The first-order valence-electron chi connectivity index (χ1n) is 9.22. The molecule has 0 saturated carbocycles. The van der Waals surface area contributed by atoms with Gasteiger partial charge >= 0.3 is 0 Å². The van der Waals surface area contributed by atoms with Gasteiger partial charge in [0.15, 0.2) is 0 Å². The van der Waals surface area contributed by atoms with E-state index in [4.69, 9.17) is 5.26 Å². The largest absolute Gasteiger partial charge is 0.316 e. The van der Waals surface area contributed by atoms with Crippen LogP contribution in [0.5, 0.6) is 0 Å². The predicted molar refractivity (Wildman–Crippen MR) is 104 cm³/mol. The highest BCUT2D eigenvalue weighted by Gasteiger charge is 2.03. The number of benzene rings is 1. The van der Waals surface area contributed by atoms with E-state index >= 15 is 0 Å². The Kier molecular flexibility index (Phi) is 18.1. The van der Waals surface area contributed by atoms with E-state index in [2.05, 4.69) is 37.4 Å². The van der Waals surface area contributed by atoms with Crippen molar-refractivity contribution in [3.05, 3.63) is 35.4 Å². The van der Waals surface area contributed by atoms with Crippen molar-refractivity contribution in [1.82, 2.24) is 5.32 Å². The summed E-state index contributed by atoms with van der Waals surface area (Å²) in [6.07, 6.45) is 4.19. The molecule has 0 bridgehead atoms. The van der Waals surface area contributed by atoms with Crippen LogP contribution >= 0.6 is 0 Å². The van der Waals surface area contributed by atoms with Crippen molar-refractivity contribution in [2.45, 2.75) is 60.8 Å². The topological polar surface area (TPSA) is 52.9 Å². The smallest absolute Gasteiger partial charge is 0.122 e. The molecule has 2 atom stereocenters. The second-order valence-corrected chi connectivity index (χ2v) is 5.84. The molecule has 0 radical (unpaired) electrons. The molecule has 0 aliphatic heterocycles. The zero-order valence-electron chi connectivity index (χ0n) is 16.4. The molecule has 0 spiro atoms. The Morgan fingerprint density at radius 3 is 2.12 bits per heavy atom. The van der Waals surface area contributed by atoms with Gasteiger partial charge < -0.3 is 10.1 Å². The average molecular weight is 333 g/mol. The van der Waals surface area contributed by atoms with Gasteiger partial charge in [-0.3, -0.25) is 0 Å². The van der Waals surface area contributed by atoms with Gasteiger partial charge in [0, 0.05) is 5.92 Å². The first-order chi connectivity index (χ1) is 11.6. The molecule has 0 aliphatic carbocycles. The summed E-state index contributed by atoms with van der Waals surface area (Å²) in [5, 5.41) is 12.1. The number of carbonyl (C=O) groups excluding carboxylic acids is 1. The van der Waals surface area contributed by atoms with Gasteiger partial charge in [-0.15, -0.1) is 0 Å². The summed E-state index contributed by atoms with van der Waals surface area (Å²) in [4.78, 5) is 9.74. The number of hydrogen-bond donors (Lipinski definition) is 1. The summed E-state index contributed by atoms with van der Waals surface area (Å²) in [5.41, 5.74) is 2.05. The van der Waals surface area contributed by atoms with Gasteiger partial charge in [0.2, 0.25) is 0 Å². The van der Waals surface area contributed by atoms with Crippen LogP contribution in [0.1, 0.15) is 65.5 Å². The molecule has 1 aromatic carbocycles. The molecule has 24 heavy (non-hydrogen) atoms. The third-order valence-corrected chi connectivity index (χ3v) is 3.46. The van der Waals surface area contributed by atoms with Gasteiger partial charge in [0.05, 0.1) is 11.6 Å². The lowest BCUT2D eigenvalue weighted by Gasteiger charge is -2.12. The van der Waals surface area contributed by atoms with Gasteiger partial charge in [0.1, 0.15) is 6.29 Å². The molecule has 2 unspecified atom stereocenters.